The summed E-state index contributed by atoms with van der Waals surface area (Å²) in [5, 5.41) is 6.19. The second-order valence-corrected chi connectivity index (χ2v) is 8.82. The molecule has 2 aromatic heterocycles. The van der Waals surface area contributed by atoms with Crippen LogP contribution in [0.25, 0.3) is 0 Å². The first-order chi connectivity index (χ1) is 15.7. The first-order valence-electron chi connectivity index (χ1n) is 11.2. The minimum atomic E-state index is -0.568. The summed E-state index contributed by atoms with van der Waals surface area (Å²) in [6, 6.07) is 9.04. The van der Waals surface area contributed by atoms with Crippen LogP contribution in [0.3, 0.4) is 0 Å². The van der Waals surface area contributed by atoms with Crippen molar-refractivity contribution < 1.29 is 4.79 Å². The average molecular weight is 447 g/mol. The molecule has 1 aliphatic rings. The Morgan fingerprint density at radius 1 is 1.21 bits per heavy atom. The fourth-order valence-corrected chi connectivity index (χ4v) is 4.60. The van der Waals surface area contributed by atoms with E-state index in [2.05, 4.69) is 38.8 Å². The van der Waals surface area contributed by atoms with E-state index in [1.54, 1.807) is 16.8 Å². The summed E-state index contributed by atoms with van der Waals surface area (Å²) in [4.78, 5) is 35.0. The van der Waals surface area contributed by atoms with Crippen LogP contribution in [0.1, 0.15) is 59.1 Å². The van der Waals surface area contributed by atoms with E-state index in [0.717, 1.165) is 22.5 Å². The van der Waals surface area contributed by atoms with Crippen molar-refractivity contribution >= 4 is 17.5 Å². The number of nitrogens with one attached hydrogen (secondary N) is 2. The lowest BCUT2D eigenvalue weighted by Crippen LogP contribution is -2.37. The smallest absolute Gasteiger partial charge is 0.294 e. The molecule has 0 unspecified atom stereocenters. The Hall–Kier alpha value is -3.68. The number of pyridine rings is 1. The van der Waals surface area contributed by atoms with Gasteiger partial charge >= 0.3 is 0 Å². The highest BCUT2D eigenvalue weighted by Gasteiger charge is 2.31. The number of rotatable bonds is 6. The Balaban J connectivity index is 1.52. The van der Waals surface area contributed by atoms with Gasteiger partial charge in [0.1, 0.15) is 11.9 Å². The van der Waals surface area contributed by atoms with Crippen molar-refractivity contribution in [2.45, 2.75) is 59.2 Å². The van der Waals surface area contributed by atoms with Gasteiger partial charge in [-0.2, -0.15) is 0 Å². The first-order valence-corrected chi connectivity index (χ1v) is 11.2. The summed E-state index contributed by atoms with van der Waals surface area (Å²) in [5.74, 6) is 0.509. The van der Waals surface area contributed by atoms with Crippen molar-refractivity contribution in [1.29, 1.82) is 0 Å². The number of benzene rings is 1. The molecule has 1 amide bonds. The summed E-state index contributed by atoms with van der Waals surface area (Å²) < 4.78 is 1.58. The number of aromatic nitrogens is 3. The maximum atomic E-state index is 13.2. The molecule has 0 radical (unpaired) electrons. The largest absolute Gasteiger partial charge is 0.384 e. The number of hydrogen-bond acceptors (Lipinski definition) is 6. The maximum Gasteiger partial charge on any atom is 0.294 e. The van der Waals surface area contributed by atoms with Gasteiger partial charge < -0.3 is 16.4 Å². The molecule has 3 aromatic rings. The van der Waals surface area contributed by atoms with Gasteiger partial charge in [0.05, 0.1) is 6.04 Å². The standard InChI is InChI=1S/C25H30N6O2/c1-14-9-15(2)11-18(10-14)12-27-23-25(33)31-19(13-28-23)5-7-21(31)24(32)30-17(4)20-6-8-22(26)29-16(20)3/h6,8-11,13,17,21H,5,7,12H2,1-4H3,(H2,26,29)(H,27,28)(H,30,32)/t17-,21+/m1/s1. The van der Waals surface area contributed by atoms with Gasteiger partial charge in [0.15, 0.2) is 5.82 Å². The molecule has 1 aliphatic heterocycles. The van der Waals surface area contributed by atoms with Crippen LogP contribution < -0.4 is 21.9 Å². The molecule has 0 saturated carbocycles. The molecule has 0 spiro atoms. The average Bonchev–Trinajstić information content (AvgIpc) is 3.17. The van der Waals surface area contributed by atoms with Gasteiger partial charge in [0.25, 0.3) is 5.56 Å². The number of aryl methyl sites for hydroxylation is 4. The monoisotopic (exact) mass is 446 g/mol. The van der Waals surface area contributed by atoms with E-state index >= 15 is 0 Å². The van der Waals surface area contributed by atoms with Crippen LogP contribution in [-0.4, -0.2) is 20.4 Å². The van der Waals surface area contributed by atoms with E-state index in [-0.39, 0.29) is 23.3 Å². The number of hydrogen-bond donors (Lipinski definition) is 3. The Labute approximate surface area is 193 Å². The fraction of sp³-hybridized carbons (Fsp3) is 0.360. The first kappa shape index (κ1) is 22.5. The molecule has 3 heterocycles. The maximum absolute atomic E-state index is 13.2. The molecule has 0 fully saturated rings. The Bertz CT molecular complexity index is 1250. The van der Waals surface area contributed by atoms with E-state index in [9.17, 15) is 9.59 Å². The molecule has 172 valence electrons. The molecule has 1 aromatic carbocycles. The van der Waals surface area contributed by atoms with Gasteiger partial charge in [-0.15, -0.1) is 0 Å². The van der Waals surface area contributed by atoms with Gasteiger partial charge in [0, 0.05) is 24.1 Å². The van der Waals surface area contributed by atoms with E-state index < -0.39 is 6.04 Å². The van der Waals surface area contributed by atoms with Gasteiger partial charge in [-0.05, 0) is 57.7 Å². The van der Waals surface area contributed by atoms with E-state index in [0.29, 0.717) is 25.2 Å². The summed E-state index contributed by atoms with van der Waals surface area (Å²) >= 11 is 0. The molecule has 8 nitrogen and oxygen atoms in total. The van der Waals surface area contributed by atoms with Crippen molar-refractivity contribution in [2.24, 2.45) is 0 Å². The summed E-state index contributed by atoms with van der Waals surface area (Å²) in [6.45, 7) is 8.35. The highest BCUT2D eigenvalue weighted by molar-refractivity contribution is 5.81. The molecule has 0 aliphatic carbocycles. The third kappa shape index (κ3) is 4.74. The molecule has 2 atom stereocenters. The van der Waals surface area contributed by atoms with E-state index in [4.69, 9.17) is 5.73 Å². The second-order valence-electron chi connectivity index (χ2n) is 8.82. The van der Waals surface area contributed by atoms with Crippen molar-refractivity contribution in [3.8, 4) is 0 Å². The topological polar surface area (TPSA) is 115 Å². The number of carbonyl (C=O) groups excluding carboxylic acids is 1. The molecule has 0 bridgehead atoms. The molecule has 8 heteroatoms. The predicted molar refractivity (Wildman–Crippen MR) is 129 cm³/mol. The van der Waals surface area contributed by atoms with Crippen molar-refractivity contribution in [3.63, 3.8) is 0 Å². The number of amides is 1. The van der Waals surface area contributed by atoms with Crippen LogP contribution in [0.15, 0.2) is 41.3 Å². The fourth-order valence-electron chi connectivity index (χ4n) is 4.60. The van der Waals surface area contributed by atoms with Crippen LogP contribution in [0.5, 0.6) is 0 Å². The van der Waals surface area contributed by atoms with Crippen LogP contribution in [0.4, 0.5) is 11.6 Å². The molecule has 33 heavy (non-hydrogen) atoms. The zero-order valence-electron chi connectivity index (χ0n) is 19.5. The molecular weight excluding hydrogens is 416 g/mol. The van der Waals surface area contributed by atoms with Crippen LogP contribution >= 0.6 is 0 Å². The molecule has 4 N–H and O–H groups in total. The lowest BCUT2D eigenvalue weighted by Gasteiger charge is -2.20. The SMILES string of the molecule is Cc1cc(C)cc(CNc2ncc3n(c2=O)[C@H](C(=O)N[C@H](C)c2ccc(N)nc2C)CC3)c1. The minimum absolute atomic E-state index is 0.189. The Kier molecular flexibility index (Phi) is 6.18. The van der Waals surface area contributed by atoms with Crippen LogP contribution in [-0.2, 0) is 17.8 Å². The highest BCUT2D eigenvalue weighted by Crippen LogP contribution is 2.26. The zero-order chi connectivity index (χ0) is 23.7. The van der Waals surface area contributed by atoms with E-state index in [1.165, 1.54) is 11.1 Å². The Morgan fingerprint density at radius 3 is 2.64 bits per heavy atom. The predicted octanol–water partition coefficient (Wildman–Crippen LogP) is 3.12. The number of fused-ring (bicyclic) bond motifs is 1. The van der Waals surface area contributed by atoms with Gasteiger partial charge in [-0.3, -0.25) is 14.2 Å². The third-order valence-corrected chi connectivity index (χ3v) is 6.08. The number of nitrogens with zero attached hydrogens (tertiary/aromatic N) is 3. The molecular formula is C25H30N6O2. The summed E-state index contributed by atoms with van der Waals surface area (Å²) in [7, 11) is 0. The van der Waals surface area contributed by atoms with Crippen LogP contribution in [0, 0.1) is 20.8 Å². The summed E-state index contributed by atoms with van der Waals surface area (Å²) in [5.41, 5.74) is 11.3. The van der Waals surface area contributed by atoms with Crippen molar-refractivity contribution in [2.75, 3.05) is 11.1 Å². The second kappa shape index (κ2) is 9.05. The van der Waals surface area contributed by atoms with Crippen molar-refractivity contribution in [1.82, 2.24) is 19.9 Å². The normalized spacial score (nSPS) is 15.7. The number of nitrogen functional groups attached to an aromatic ring is 1. The molecule has 0 saturated heterocycles. The number of anilines is 2. The minimum Gasteiger partial charge on any atom is -0.384 e. The van der Waals surface area contributed by atoms with Gasteiger partial charge in [-0.25, -0.2) is 9.97 Å². The van der Waals surface area contributed by atoms with Crippen LogP contribution in [0.2, 0.25) is 0 Å². The van der Waals surface area contributed by atoms with Crippen molar-refractivity contribution in [3.05, 3.63) is 80.5 Å². The Morgan fingerprint density at radius 2 is 1.94 bits per heavy atom. The third-order valence-electron chi connectivity index (χ3n) is 6.08. The van der Waals surface area contributed by atoms with Gasteiger partial charge in [0.2, 0.25) is 5.91 Å². The van der Waals surface area contributed by atoms with Gasteiger partial charge in [-0.1, -0.05) is 35.4 Å². The van der Waals surface area contributed by atoms with E-state index in [1.807, 2.05) is 33.8 Å². The lowest BCUT2D eigenvalue weighted by molar-refractivity contribution is -0.124. The zero-order valence-corrected chi connectivity index (χ0v) is 19.5. The number of nitrogens with two attached hydrogens (primary N) is 1. The highest BCUT2D eigenvalue weighted by atomic mass is 16.2. The number of carbonyl (C=O) groups is 1. The summed E-state index contributed by atoms with van der Waals surface area (Å²) in [6.07, 6.45) is 2.89. The lowest BCUT2D eigenvalue weighted by atomic mass is 10.1. The quantitative estimate of drug-likeness (QED) is 0.536. The molecule has 4 rings (SSSR count).